The number of benzene rings is 1. The van der Waals surface area contributed by atoms with Crippen molar-refractivity contribution in [2.24, 2.45) is 0 Å². The molecule has 0 unspecified atom stereocenters. The first-order valence-corrected chi connectivity index (χ1v) is 6.55. The van der Waals surface area contributed by atoms with Crippen LogP contribution in [-0.2, 0) is 0 Å². The van der Waals surface area contributed by atoms with E-state index in [0.717, 1.165) is 19.6 Å². The lowest BCUT2D eigenvalue weighted by molar-refractivity contribution is 0.0949. The zero-order chi connectivity index (χ0) is 14.3. The molecule has 6 heteroatoms. The number of likely N-dealkylation sites (N-methyl/N-ethyl adjacent to an activating group) is 1. The van der Waals surface area contributed by atoms with E-state index in [4.69, 9.17) is 10.0 Å². The van der Waals surface area contributed by atoms with Crippen molar-refractivity contribution in [3.63, 3.8) is 0 Å². The number of amides is 1. The molecular formula is C13H21BN2O3. The Morgan fingerprint density at radius 1 is 1.21 bits per heavy atom. The molecule has 1 aromatic rings. The molecule has 1 aromatic carbocycles. The monoisotopic (exact) mass is 264 g/mol. The molecule has 104 valence electrons. The molecule has 0 heterocycles. The first-order chi connectivity index (χ1) is 9.08. The maximum Gasteiger partial charge on any atom is 0.488 e. The van der Waals surface area contributed by atoms with Gasteiger partial charge in [-0.1, -0.05) is 26.0 Å². The third kappa shape index (κ3) is 5.02. The lowest BCUT2D eigenvalue weighted by atomic mass is 9.80. The fourth-order valence-corrected chi connectivity index (χ4v) is 1.78. The second-order valence-electron chi connectivity index (χ2n) is 4.28. The van der Waals surface area contributed by atoms with Crippen molar-refractivity contribution in [1.82, 2.24) is 10.2 Å². The first kappa shape index (κ1) is 15.7. The van der Waals surface area contributed by atoms with Gasteiger partial charge in [0.2, 0.25) is 0 Å². The highest BCUT2D eigenvalue weighted by atomic mass is 16.4. The van der Waals surface area contributed by atoms with Gasteiger partial charge >= 0.3 is 7.12 Å². The summed E-state index contributed by atoms with van der Waals surface area (Å²) >= 11 is 0. The third-order valence-electron chi connectivity index (χ3n) is 3.08. The molecule has 0 aromatic heterocycles. The van der Waals surface area contributed by atoms with Crippen molar-refractivity contribution >= 4 is 18.5 Å². The Hall–Kier alpha value is -1.37. The van der Waals surface area contributed by atoms with E-state index in [9.17, 15) is 4.79 Å². The van der Waals surface area contributed by atoms with E-state index in [0.29, 0.717) is 17.6 Å². The standard InChI is InChI=1S/C13H21BN2O3/c1-3-16(4-2)10-9-15-13(17)11-5-7-12(8-6-11)14(18)19/h5-8,18-19H,3-4,9-10H2,1-2H3,(H,15,17). The molecule has 0 aliphatic rings. The minimum absolute atomic E-state index is 0.147. The quantitative estimate of drug-likeness (QED) is 0.577. The molecule has 0 saturated heterocycles. The molecule has 0 saturated carbocycles. The first-order valence-electron chi connectivity index (χ1n) is 6.55. The second kappa shape index (κ2) is 7.94. The van der Waals surface area contributed by atoms with Crippen LogP contribution in [0.15, 0.2) is 24.3 Å². The largest absolute Gasteiger partial charge is 0.488 e. The average molecular weight is 264 g/mol. The van der Waals surface area contributed by atoms with Gasteiger partial charge < -0.3 is 20.3 Å². The number of carbonyl (C=O) groups is 1. The van der Waals surface area contributed by atoms with Crippen LogP contribution < -0.4 is 10.8 Å². The van der Waals surface area contributed by atoms with Crippen molar-refractivity contribution < 1.29 is 14.8 Å². The van der Waals surface area contributed by atoms with Gasteiger partial charge in [-0.3, -0.25) is 4.79 Å². The van der Waals surface area contributed by atoms with Crippen molar-refractivity contribution in [2.75, 3.05) is 26.2 Å². The normalized spacial score (nSPS) is 10.6. The van der Waals surface area contributed by atoms with Crippen molar-refractivity contribution in [3.05, 3.63) is 29.8 Å². The van der Waals surface area contributed by atoms with Gasteiger partial charge in [0, 0.05) is 18.7 Å². The Morgan fingerprint density at radius 3 is 2.26 bits per heavy atom. The molecule has 3 N–H and O–H groups in total. The molecule has 0 bridgehead atoms. The minimum Gasteiger partial charge on any atom is -0.423 e. The summed E-state index contributed by atoms with van der Waals surface area (Å²) in [6.07, 6.45) is 0. The van der Waals surface area contributed by atoms with Gasteiger partial charge in [0.25, 0.3) is 5.91 Å². The van der Waals surface area contributed by atoms with Gasteiger partial charge in [-0.25, -0.2) is 0 Å². The van der Waals surface area contributed by atoms with E-state index in [1.165, 1.54) is 12.1 Å². The molecule has 0 fully saturated rings. The van der Waals surface area contributed by atoms with E-state index < -0.39 is 7.12 Å². The number of nitrogens with one attached hydrogen (secondary N) is 1. The van der Waals surface area contributed by atoms with Gasteiger partial charge in [-0.15, -0.1) is 0 Å². The summed E-state index contributed by atoms with van der Waals surface area (Å²) in [6, 6.07) is 6.23. The van der Waals surface area contributed by atoms with Crippen LogP contribution in [0.3, 0.4) is 0 Å². The minimum atomic E-state index is -1.50. The van der Waals surface area contributed by atoms with E-state index >= 15 is 0 Å². The molecule has 0 aliphatic heterocycles. The van der Waals surface area contributed by atoms with Crippen LogP contribution in [0.4, 0.5) is 0 Å². The fourth-order valence-electron chi connectivity index (χ4n) is 1.78. The number of rotatable bonds is 7. The predicted molar refractivity (Wildman–Crippen MR) is 76.4 cm³/mol. The smallest absolute Gasteiger partial charge is 0.423 e. The van der Waals surface area contributed by atoms with E-state index in [2.05, 4.69) is 24.1 Å². The Labute approximate surface area is 114 Å². The third-order valence-corrected chi connectivity index (χ3v) is 3.08. The molecule has 0 spiro atoms. The fraction of sp³-hybridized carbons (Fsp3) is 0.462. The molecule has 1 amide bonds. The number of hydrogen-bond donors (Lipinski definition) is 3. The van der Waals surface area contributed by atoms with Gasteiger partial charge in [0.15, 0.2) is 0 Å². The topological polar surface area (TPSA) is 72.8 Å². The van der Waals surface area contributed by atoms with E-state index in [1.807, 2.05) is 0 Å². The van der Waals surface area contributed by atoms with Crippen LogP contribution in [-0.4, -0.2) is 54.2 Å². The molecule has 19 heavy (non-hydrogen) atoms. The Morgan fingerprint density at radius 2 is 1.79 bits per heavy atom. The molecule has 0 aliphatic carbocycles. The van der Waals surface area contributed by atoms with Gasteiger partial charge in [0.05, 0.1) is 0 Å². The van der Waals surface area contributed by atoms with E-state index in [-0.39, 0.29) is 5.91 Å². The lowest BCUT2D eigenvalue weighted by Crippen LogP contribution is -2.35. The second-order valence-corrected chi connectivity index (χ2v) is 4.28. The molecule has 0 radical (unpaired) electrons. The highest BCUT2D eigenvalue weighted by Gasteiger charge is 2.11. The van der Waals surface area contributed by atoms with Crippen molar-refractivity contribution in [1.29, 1.82) is 0 Å². The van der Waals surface area contributed by atoms with Crippen molar-refractivity contribution in [3.8, 4) is 0 Å². The van der Waals surface area contributed by atoms with Crippen LogP contribution in [0.1, 0.15) is 24.2 Å². The van der Waals surface area contributed by atoms with Crippen molar-refractivity contribution in [2.45, 2.75) is 13.8 Å². The van der Waals surface area contributed by atoms with Crippen LogP contribution in [0.25, 0.3) is 0 Å². The maximum absolute atomic E-state index is 11.8. The van der Waals surface area contributed by atoms with Crippen LogP contribution >= 0.6 is 0 Å². The molecular weight excluding hydrogens is 243 g/mol. The zero-order valence-electron chi connectivity index (χ0n) is 11.5. The molecule has 5 nitrogen and oxygen atoms in total. The molecule has 1 rings (SSSR count). The summed E-state index contributed by atoms with van der Waals surface area (Å²) < 4.78 is 0. The number of nitrogens with zero attached hydrogens (tertiary/aromatic N) is 1. The summed E-state index contributed by atoms with van der Waals surface area (Å²) in [5.74, 6) is -0.147. The van der Waals surface area contributed by atoms with Crippen LogP contribution in [0.2, 0.25) is 0 Å². The van der Waals surface area contributed by atoms with Gasteiger partial charge in [0.1, 0.15) is 0 Å². The number of hydrogen-bond acceptors (Lipinski definition) is 4. The predicted octanol–water partition coefficient (Wildman–Crippen LogP) is -0.562. The lowest BCUT2D eigenvalue weighted by Gasteiger charge is -2.17. The SMILES string of the molecule is CCN(CC)CCNC(=O)c1ccc(B(O)O)cc1. The average Bonchev–Trinajstić information content (AvgIpc) is 2.43. The zero-order valence-corrected chi connectivity index (χ0v) is 11.5. The van der Waals surface area contributed by atoms with Crippen LogP contribution in [0.5, 0.6) is 0 Å². The Bertz CT molecular complexity index is 391. The van der Waals surface area contributed by atoms with Gasteiger partial charge in [-0.05, 0) is 30.7 Å². The number of carbonyl (C=O) groups excluding carboxylic acids is 1. The summed E-state index contributed by atoms with van der Waals surface area (Å²) in [4.78, 5) is 14.1. The van der Waals surface area contributed by atoms with E-state index in [1.54, 1.807) is 12.1 Å². The maximum atomic E-state index is 11.8. The van der Waals surface area contributed by atoms with Gasteiger partial charge in [-0.2, -0.15) is 0 Å². The van der Waals surface area contributed by atoms with Crippen LogP contribution in [0, 0.1) is 0 Å². The summed E-state index contributed by atoms with van der Waals surface area (Å²) in [5.41, 5.74) is 0.892. The highest BCUT2D eigenvalue weighted by molar-refractivity contribution is 6.58. The molecule has 0 atom stereocenters. The Balaban J connectivity index is 2.45. The highest BCUT2D eigenvalue weighted by Crippen LogP contribution is 1.97. The summed E-state index contributed by atoms with van der Waals surface area (Å²) in [5, 5.41) is 20.8. The summed E-state index contributed by atoms with van der Waals surface area (Å²) in [6.45, 7) is 7.54. The summed E-state index contributed by atoms with van der Waals surface area (Å²) in [7, 11) is -1.50. The Kier molecular flexibility index (Phi) is 6.55.